The number of rotatable bonds is 4. The van der Waals surface area contributed by atoms with E-state index in [1.165, 1.54) is 31.6 Å². The lowest BCUT2D eigenvalue weighted by Crippen LogP contribution is -2.30. The van der Waals surface area contributed by atoms with E-state index in [0.29, 0.717) is 11.3 Å². The largest absolute Gasteiger partial charge is 0.480 e. The molecule has 8 heteroatoms. The molecule has 1 atom stereocenters. The number of hydrogen-bond donors (Lipinski definition) is 2. The molecule has 1 aromatic carbocycles. The van der Waals surface area contributed by atoms with Crippen molar-refractivity contribution in [2.24, 2.45) is 5.84 Å². The van der Waals surface area contributed by atoms with Gasteiger partial charge in [0.15, 0.2) is 0 Å². The van der Waals surface area contributed by atoms with Crippen LogP contribution in [0.5, 0.6) is 5.88 Å². The Labute approximate surface area is 118 Å². The SMILES string of the molecule is COc1nccnc1C(NN)c1cccc(C(F)(F)F)c1. The van der Waals surface area contributed by atoms with Gasteiger partial charge in [-0.25, -0.2) is 10.4 Å². The smallest absolute Gasteiger partial charge is 0.416 e. The van der Waals surface area contributed by atoms with Gasteiger partial charge in [0.2, 0.25) is 5.88 Å². The fraction of sp³-hybridized carbons (Fsp3) is 0.231. The van der Waals surface area contributed by atoms with Gasteiger partial charge in [-0.05, 0) is 17.7 Å². The van der Waals surface area contributed by atoms with Crippen LogP contribution in [-0.4, -0.2) is 17.1 Å². The summed E-state index contributed by atoms with van der Waals surface area (Å²) in [5, 5.41) is 0. The summed E-state index contributed by atoms with van der Waals surface area (Å²) in [7, 11) is 1.40. The minimum Gasteiger partial charge on any atom is -0.480 e. The van der Waals surface area contributed by atoms with E-state index in [4.69, 9.17) is 10.6 Å². The Hall–Kier alpha value is -2.19. The zero-order valence-corrected chi connectivity index (χ0v) is 11.1. The van der Waals surface area contributed by atoms with Gasteiger partial charge in [-0.15, -0.1) is 0 Å². The third kappa shape index (κ3) is 3.29. The van der Waals surface area contributed by atoms with Crippen molar-refractivity contribution in [1.82, 2.24) is 15.4 Å². The van der Waals surface area contributed by atoms with Crippen LogP contribution in [0.1, 0.15) is 22.9 Å². The fourth-order valence-corrected chi connectivity index (χ4v) is 1.92. The molecular weight excluding hydrogens is 285 g/mol. The Kier molecular flexibility index (Phi) is 4.39. The molecule has 0 fully saturated rings. The number of ether oxygens (including phenoxy) is 1. The highest BCUT2D eigenvalue weighted by molar-refractivity contribution is 5.35. The lowest BCUT2D eigenvalue weighted by Gasteiger charge is -2.18. The van der Waals surface area contributed by atoms with Crippen LogP contribution in [0.3, 0.4) is 0 Å². The van der Waals surface area contributed by atoms with E-state index in [9.17, 15) is 13.2 Å². The Balaban J connectivity index is 2.47. The summed E-state index contributed by atoms with van der Waals surface area (Å²) >= 11 is 0. The number of nitrogens with two attached hydrogens (primary N) is 1. The lowest BCUT2D eigenvalue weighted by atomic mass is 10.0. The first-order valence-electron chi connectivity index (χ1n) is 5.95. The van der Waals surface area contributed by atoms with Gasteiger partial charge in [0.25, 0.3) is 0 Å². The molecule has 0 radical (unpaired) electrons. The first-order chi connectivity index (χ1) is 9.97. The van der Waals surface area contributed by atoms with Gasteiger partial charge in [0.05, 0.1) is 18.7 Å². The van der Waals surface area contributed by atoms with Gasteiger partial charge in [-0.2, -0.15) is 13.2 Å². The van der Waals surface area contributed by atoms with E-state index >= 15 is 0 Å². The average Bonchev–Trinajstić information content (AvgIpc) is 2.48. The molecule has 0 aliphatic heterocycles. The third-order valence-corrected chi connectivity index (χ3v) is 2.87. The number of halogens is 3. The number of hydrogen-bond acceptors (Lipinski definition) is 5. The number of benzene rings is 1. The molecule has 0 amide bonds. The molecule has 0 saturated heterocycles. The molecule has 112 valence electrons. The van der Waals surface area contributed by atoms with Crippen LogP contribution in [0.4, 0.5) is 13.2 Å². The van der Waals surface area contributed by atoms with Crippen LogP contribution < -0.4 is 16.0 Å². The summed E-state index contributed by atoms with van der Waals surface area (Å²) in [6.07, 6.45) is -1.60. The van der Waals surface area contributed by atoms with E-state index in [0.717, 1.165) is 12.1 Å². The minimum atomic E-state index is -4.43. The number of hydrazine groups is 1. The van der Waals surface area contributed by atoms with Gasteiger partial charge in [-0.3, -0.25) is 10.8 Å². The highest BCUT2D eigenvalue weighted by Gasteiger charge is 2.31. The van der Waals surface area contributed by atoms with Crippen molar-refractivity contribution >= 4 is 0 Å². The van der Waals surface area contributed by atoms with Crippen molar-refractivity contribution in [3.05, 3.63) is 53.5 Å². The molecule has 21 heavy (non-hydrogen) atoms. The highest BCUT2D eigenvalue weighted by Crippen LogP contribution is 2.32. The maximum atomic E-state index is 12.8. The summed E-state index contributed by atoms with van der Waals surface area (Å²) in [5.41, 5.74) is 2.30. The van der Waals surface area contributed by atoms with E-state index in [1.807, 2.05) is 0 Å². The van der Waals surface area contributed by atoms with Crippen LogP contribution in [-0.2, 0) is 6.18 Å². The lowest BCUT2D eigenvalue weighted by molar-refractivity contribution is -0.137. The molecular formula is C13H13F3N4O. The fourth-order valence-electron chi connectivity index (χ4n) is 1.92. The summed E-state index contributed by atoms with van der Waals surface area (Å²) < 4.78 is 43.4. The second kappa shape index (κ2) is 6.06. The molecule has 3 N–H and O–H groups in total. The van der Waals surface area contributed by atoms with Crippen molar-refractivity contribution < 1.29 is 17.9 Å². The molecule has 5 nitrogen and oxygen atoms in total. The molecule has 1 aromatic heterocycles. The standard InChI is InChI=1S/C13H13F3N4O/c1-21-12-11(18-5-6-19-12)10(20-17)8-3-2-4-9(7-8)13(14,15)16/h2-7,10,20H,17H2,1H3. The maximum Gasteiger partial charge on any atom is 0.416 e. The molecule has 0 saturated carbocycles. The van der Waals surface area contributed by atoms with Crippen molar-refractivity contribution in [2.75, 3.05) is 7.11 Å². The summed E-state index contributed by atoms with van der Waals surface area (Å²) in [6.45, 7) is 0. The number of nitrogens with zero attached hydrogens (tertiary/aromatic N) is 2. The monoisotopic (exact) mass is 298 g/mol. The predicted molar refractivity (Wildman–Crippen MR) is 69.2 cm³/mol. The van der Waals surface area contributed by atoms with E-state index in [1.54, 1.807) is 0 Å². The van der Waals surface area contributed by atoms with Crippen LogP contribution in [0.15, 0.2) is 36.7 Å². The van der Waals surface area contributed by atoms with E-state index in [-0.39, 0.29) is 5.88 Å². The number of methoxy groups -OCH3 is 1. The molecule has 0 bridgehead atoms. The van der Waals surface area contributed by atoms with Crippen LogP contribution in [0.25, 0.3) is 0 Å². The first kappa shape index (κ1) is 15.2. The number of alkyl halides is 3. The van der Waals surface area contributed by atoms with Gasteiger partial charge in [-0.1, -0.05) is 12.1 Å². The molecule has 1 unspecified atom stereocenters. The zero-order chi connectivity index (χ0) is 15.5. The average molecular weight is 298 g/mol. The molecule has 2 aromatic rings. The summed E-state index contributed by atoms with van der Waals surface area (Å²) in [5.74, 6) is 5.66. The van der Waals surface area contributed by atoms with Gasteiger partial charge in [0.1, 0.15) is 5.69 Å². The predicted octanol–water partition coefficient (Wildman–Crippen LogP) is 2.06. The minimum absolute atomic E-state index is 0.192. The normalized spacial score (nSPS) is 13.0. The Bertz CT molecular complexity index is 618. The Morgan fingerprint density at radius 2 is 1.95 bits per heavy atom. The highest BCUT2D eigenvalue weighted by atomic mass is 19.4. The van der Waals surface area contributed by atoms with Crippen molar-refractivity contribution in [2.45, 2.75) is 12.2 Å². The van der Waals surface area contributed by atoms with Crippen LogP contribution in [0, 0.1) is 0 Å². The molecule has 1 heterocycles. The van der Waals surface area contributed by atoms with Crippen molar-refractivity contribution in [1.29, 1.82) is 0 Å². The maximum absolute atomic E-state index is 12.8. The third-order valence-electron chi connectivity index (χ3n) is 2.87. The summed E-state index contributed by atoms with van der Waals surface area (Å²) in [4.78, 5) is 8.04. The Morgan fingerprint density at radius 3 is 2.57 bits per heavy atom. The topological polar surface area (TPSA) is 73.1 Å². The quantitative estimate of drug-likeness (QED) is 0.667. The molecule has 0 spiro atoms. The van der Waals surface area contributed by atoms with Gasteiger partial charge < -0.3 is 4.74 Å². The Morgan fingerprint density at radius 1 is 1.24 bits per heavy atom. The van der Waals surface area contributed by atoms with Crippen LogP contribution in [0.2, 0.25) is 0 Å². The van der Waals surface area contributed by atoms with E-state index in [2.05, 4.69) is 15.4 Å². The van der Waals surface area contributed by atoms with E-state index < -0.39 is 17.8 Å². The first-order valence-corrected chi connectivity index (χ1v) is 5.95. The second-order valence-corrected chi connectivity index (χ2v) is 4.17. The molecule has 0 aliphatic carbocycles. The van der Waals surface area contributed by atoms with Crippen molar-refractivity contribution in [3.8, 4) is 5.88 Å². The van der Waals surface area contributed by atoms with Crippen LogP contribution >= 0.6 is 0 Å². The number of nitrogens with one attached hydrogen (secondary N) is 1. The number of aromatic nitrogens is 2. The van der Waals surface area contributed by atoms with Crippen molar-refractivity contribution in [3.63, 3.8) is 0 Å². The van der Waals surface area contributed by atoms with Gasteiger partial charge in [0, 0.05) is 12.4 Å². The molecule has 2 rings (SSSR count). The molecule has 0 aliphatic rings. The van der Waals surface area contributed by atoms with Gasteiger partial charge >= 0.3 is 6.18 Å². The second-order valence-electron chi connectivity index (χ2n) is 4.17. The zero-order valence-electron chi connectivity index (χ0n) is 11.1. The summed E-state index contributed by atoms with van der Waals surface area (Å²) in [6, 6.07) is 4.07.